The number of rotatable bonds is 4. The minimum Gasteiger partial charge on any atom is -0.376 e. The lowest BCUT2D eigenvalue weighted by molar-refractivity contribution is 0.0857. The number of halogens is 1. The van der Waals surface area contributed by atoms with Crippen molar-refractivity contribution >= 4 is 21.8 Å². The van der Waals surface area contributed by atoms with Crippen LogP contribution < -0.4 is 5.32 Å². The first-order chi connectivity index (χ1) is 8.31. The van der Waals surface area contributed by atoms with E-state index in [2.05, 4.69) is 21.2 Å². The van der Waals surface area contributed by atoms with Gasteiger partial charge in [-0.15, -0.1) is 0 Å². The van der Waals surface area contributed by atoms with Crippen LogP contribution in [0.15, 0.2) is 24.3 Å². The van der Waals surface area contributed by atoms with Gasteiger partial charge in [-0.1, -0.05) is 34.1 Å². The van der Waals surface area contributed by atoms with Crippen molar-refractivity contribution in [1.29, 1.82) is 0 Å². The first kappa shape index (κ1) is 12.6. The molecule has 1 aromatic carbocycles. The fourth-order valence-electron chi connectivity index (χ4n) is 1.97. The van der Waals surface area contributed by atoms with Gasteiger partial charge in [0.1, 0.15) is 0 Å². The molecule has 0 saturated carbocycles. The molecule has 0 bridgehead atoms. The Balaban J connectivity index is 1.94. The second-order valence-corrected chi connectivity index (χ2v) is 4.70. The number of ether oxygens (including phenoxy) is 1. The van der Waals surface area contributed by atoms with Gasteiger partial charge in [0.25, 0.3) is 5.91 Å². The van der Waals surface area contributed by atoms with Crippen molar-refractivity contribution in [2.24, 2.45) is 0 Å². The standard InChI is InChI=1S/C13H16BrNO2/c14-8-10-4-1-2-6-12(10)13(16)15-9-11-5-3-7-17-11/h1-2,4,6,11H,3,5,7-9H2,(H,15,16). The molecule has 2 rings (SSSR count). The second-order valence-electron chi connectivity index (χ2n) is 4.14. The van der Waals surface area contributed by atoms with Crippen molar-refractivity contribution in [3.8, 4) is 0 Å². The van der Waals surface area contributed by atoms with Gasteiger partial charge in [-0.25, -0.2) is 0 Å². The number of benzene rings is 1. The van der Waals surface area contributed by atoms with Crippen LogP contribution in [0.3, 0.4) is 0 Å². The fourth-order valence-corrected chi connectivity index (χ4v) is 2.45. The highest BCUT2D eigenvalue weighted by Gasteiger charge is 2.17. The summed E-state index contributed by atoms with van der Waals surface area (Å²) >= 11 is 3.39. The van der Waals surface area contributed by atoms with E-state index in [0.29, 0.717) is 11.9 Å². The molecule has 4 heteroatoms. The normalized spacial score (nSPS) is 19.2. The summed E-state index contributed by atoms with van der Waals surface area (Å²) in [6, 6.07) is 7.62. The third kappa shape index (κ3) is 3.30. The highest BCUT2D eigenvalue weighted by molar-refractivity contribution is 9.08. The van der Waals surface area contributed by atoms with Gasteiger partial charge < -0.3 is 10.1 Å². The van der Waals surface area contributed by atoms with E-state index in [1.807, 2.05) is 24.3 Å². The molecule has 0 radical (unpaired) electrons. The van der Waals surface area contributed by atoms with Crippen molar-refractivity contribution in [2.75, 3.05) is 13.2 Å². The Morgan fingerprint density at radius 1 is 1.47 bits per heavy atom. The number of alkyl halides is 1. The van der Waals surface area contributed by atoms with E-state index >= 15 is 0 Å². The van der Waals surface area contributed by atoms with Crippen LogP contribution in [0.4, 0.5) is 0 Å². The predicted octanol–water partition coefficient (Wildman–Crippen LogP) is 2.49. The molecular formula is C13H16BrNO2. The summed E-state index contributed by atoms with van der Waals surface area (Å²) in [4.78, 5) is 12.0. The van der Waals surface area contributed by atoms with Crippen molar-refractivity contribution in [2.45, 2.75) is 24.3 Å². The van der Waals surface area contributed by atoms with Gasteiger partial charge in [0.05, 0.1) is 6.10 Å². The predicted molar refractivity (Wildman–Crippen MR) is 70.4 cm³/mol. The summed E-state index contributed by atoms with van der Waals surface area (Å²) in [5.74, 6) is -0.0180. The first-order valence-electron chi connectivity index (χ1n) is 5.85. The molecule has 1 heterocycles. The lowest BCUT2D eigenvalue weighted by Gasteiger charge is -2.12. The minimum atomic E-state index is -0.0180. The van der Waals surface area contributed by atoms with Crippen LogP contribution in [0, 0.1) is 0 Å². The zero-order valence-electron chi connectivity index (χ0n) is 9.62. The Bertz CT molecular complexity index is 389. The Morgan fingerprint density at radius 3 is 3.00 bits per heavy atom. The van der Waals surface area contributed by atoms with Gasteiger partial charge in [0.2, 0.25) is 0 Å². The number of hydrogen-bond acceptors (Lipinski definition) is 2. The summed E-state index contributed by atoms with van der Waals surface area (Å²) in [5.41, 5.74) is 1.75. The van der Waals surface area contributed by atoms with Crippen molar-refractivity contribution in [3.05, 3.63) is 35.4 Å². The third-order valence-electron chi connectivity index (χ3n) is 2.92. The Kier molecular flexibility index (Phi) is 4.57. The molecule has 3 nitrogen and oxygen atoms in total. The molecule has 1 saturated heterocycles. The summed E-state index contributed by atoms with van der Waals surface area (Å²) in [5, 5.41) is 3.62. The van der Waals surface area contributed by atoms with E-state index in [4.69, 9.17) is 4.74 Å². The highest BCUT2D eigenvalue weighted by Crippen LogP contribution is 2.13. The van der Waals surface area contributed by atoms with Crippen LogP contribution in [0.2, 0.25) is 0 Å². The second kappa shape index (κ2) is 6.17. The number of carbonyl (C=O) groups excluding carboxylic acids is 1. The first-order valence-corrected chi connectivity index (χ1v) is 6.97. The molecule has 92 valence electrons. The van der Waals surface area contributed by atoms with Crippen LogP contribution >= 0.6 is 15.9 Å². The molecule has 1 N–H and O–H groups in total. The Morgan fingerprint density at radius 2 is 2.29 bits per heavy atom. The third-order valence-corrected chi connectivity index (χ3v) is 3.52. The molecule has 0 aliphatic carbocycles. The van der Waals surface area contributed by atoms with E-state index in [9.17, 15) is 4.79 Å². The lowest BCUT2D eigenvalue weighted by atomic mass is 10.1. The minimum absolute atomic E-state index is 0.0180. The molecule has 1 fully saturated rings. The number of hydrogen-bond donors (Lipinski definition) is 1. The van der Waals surface area contributed by atoms with Gasteiger partial charge in [-0.2, -0.15) is 0 Å². The maximum Gasteiger partial charge on any atom is 0.251 e. The van der Waals surface area contributed by atoms with E-state index in [-0.39, 0.29) is 12.0 Å². The van der Waals surface area contributed by atoms with Crippen LogP contribution in [-0.4, -0.2) is 25.2 Å². The molecule has 1 amide bonds. The van der Waals surface area contributed by atoms with Crippen LogP contribution in [0.25, 0.3) is 0 Å². The van der Waals surface area contributed by atoms with Crippen LogP contribution in [0.5, 0.6) is 0 Å². The average molecular weight is 298 g/mol. The maximum atomic E-state index is 12.0. The molecule has 1 aliphatic rings. The van der Waals surface area contributed by atoms with Crippen molar-refractivity contribution in [3.63, 3.8) is 0 Å². The van der Waals surface area contributed by atoms with Crippen LogP contribution in [-0.2, 0) is 10.1 Å². The summed E-state index contributed by atoms with van der Waals surface area (Å²) in [6.45, 7) is 1.42. The molecule has 1 atom stereocenters. The maximum absolute atomic E-state index is 12.0. The molecule has 1 aromatic rings. The zero-order valence-corrected chi connectivity index (χ0v) is 11.2. The van der Waals surface area contributed by atoms with Gasteiger partial charge in [0, 0.05) is 24.0 Å². The topological polar surface area (TPSA) is 38.3 Å². The smallest absolute Gasteiger partial charge is 0.251 e. The van der Waals surface area contributed by atoms with Crippen molar-refractivity contribution in [1.82, 2.24) is 5.32 Å². The van der Waals surface area contributed by atoms with Gasteiger partial charge in [-0.05, 0) is 24.5 Å². The van der Waals surface area contributed by atoms with Gasteiger partial charge in [-0.3, -0.25) is 4.79 Å². The van der Waals surface area contributed by atoms with Gasteiger partial charge >= 0.3 is 0 Å². The quantitative estimate of drug-likeness (QED) is 0.867. The lowest BCUT2D eigenvalue weighted by Crippen LogP contribution is -2.32. The Hall–Kier alpha value is -0.870. The fraction of sp³-hybridized carbons (Fsp3) is 0.462. The number of amides is 1. The van der Waals surface area contributed by atoms with Crippen molar-refractivity contribution < 1.29 is 9.53 Å². The average Bonchev–Trinajstić information content (AvgIpc) is 2.89. The summed E-state index contributed by atoms with van der Waals surface area (Å²) in [7, 11) is 0. The molecule has 1 unspecified atom stereocenters. The molecule has 0 aromatic heterocycles. The summed E-state index contributed by atoms with van der Waals surface area (Å²) in [6.07, 6.45) is 2.33. The van der Waals surface area contributed by atoms with E-state index in [1.165, 1.54) is 0 Å². The molecule has 0 spiro atoms. The number of carbonyl (C=O) groups is 1. The molecule has 1 aliphatic heterocycles. The van der Waals surface area contributed by atoms with Gasteiger partial charge in [0.15, 0.2) is 0 Å². The highest BCUT2D eigenvalue weighted by atomic mass is 79.9. The van der Waals surface area contributed by atoms with E-state index in [1.54, 1.807) is 0 Å². The van der Waals surface area contributed by atoms with E-state index in [0.717, 1.165) is 30.6 Å². The van der Waals surface area contributed by atoms with Crippen LogP contribution in [0.1, 0.15) is 28.8 Å². The molecule has 17 heavy (non-hydrogen) atoms. The summed E-state index contributed by atoms with van der Waals surface area (Å²) < 4.78 is 5.47. The molecular weight excluding hydrogens is 282 g/mol. The monoisotopic (exact) mass is 297 g/mol. The zero-order chi connectivity index (χ0) is 12.1. The van der Waals surface area contributed by atoms with E-state index < -0.39 is 0 Å². The SMILES string of the molecule is O=C(NCC1CCCO1)c1ccccc1CBr. The largest absolute Gasteiger partial charge is 0.376 e. The number of nitrogens with one attached hydrogen (secondary N) is 1. The Labute approximate surface area is 110 Å².